The molecule has 0 bridgehead atoms. The number of alkyl halides is 3. The fourth-order valence-corrected chi connectivity index (χ4v) is 2.98. The maximum Gasteiger partial charge on any atom is 0.416 e. The van der Waals surface area contributed by atoms with Crippen LogP contribution in [0.15, 0.2) is 24.3 Å². The van der Waals surface area contributed by atoms with Crippen LogP contribution in [-0.2, 0) is 6.18 Å². The van der Waals surface area contributed by atoms with E-state index in [1.165, 1.54) is 25.0 Å². The predicted octanol–water partition coefficient (Wildman–Crippen LogP) is 3.22. The van der Waals surface area contributed by atoms with Crippen molar-refractivity contribution in [3.63, 3.8) is 0 Å². The molecule has 2 atom stereocenters. The van der Waals surface area contributed by atoms with Gasteiger partial charge in [0.05, 0.1) is 11.7 Å². The van der Waals surface area contributed by atoms with Gasteiger partial charge in [-0.1, -0.05) is 12.1 Å². The van der Waals surface area contributed by atoms with Crippen molar-refractivity contribution in [2.75, 3.05) is 13.1 Å². The van der Waals surface area contributed by atoms with Gasteiger partial charge in [-0.15, -0.1) is 0 Å². The van der Waals surface area contributed by atoms with Gasteiger partial charge in [-0.25, -0.2) is 0 Å². The van der Waals surface area contributed by atoms with Crippen molar-refractivity contribution in [1.29, 1.82) is 0 Å². The molecule has 2 fully saturated rings. The monoisotopic (exact) mass is 285 g/mol. The second-order valence-corrected chi connectivity index (χ2v) is 5.93. The minimum atomic E-state index is -4.31. The molecule has 5 heteroatoms. The van der Waals surface area contributed by atoms with Gasteiger partial charge in [-0.3, -0.25) is 4.90 Å². The van der Waals surface area contributed by atoms with Crippen LogP contribution in [0.2, 0.25) is 0 Å². The molecule has 1 saturated heterocycles. The quantitative estimate of drug-likeness (QED) is 0.921. The second-order valence-electron chi connectivity index (χ2n) is 5.93. The fraction of sp³-hybridized carbons (Fsp3) is 0.600. The number of benzene rings is 1. The van der Waals surface area contributed by atoms with E-state index in [-0.39, 0.29) is 6.04 Å². The van der Waals surface area contributed by atoms with E-state index in [4.69, 9.17) is 0 Å². The number of likely N-dealkylation sites (tertiary alicyclic amines) is 1. The highest BCUT2D eigenvalue weighted by Gasteiger charge is 2.37. The van der Waals surface area contributed by atoms with Crippen LogP contribution >= 0.6 is 0 Å². The Bertz CT molecular complexity index is 484. The number of hydrogen-bond acceptors (Lipinski definition) is 2. The third-order valence-electron chi connectivity index (χ3n) is 4.17. The number of hydrogen-bond donors (Lipinski definition) is 1. The average Bonchev–Trinajstić information content (AvgIpc) is 3.11. The third kappa shape index (κ3) is 2.99. The number of halogens is 3. The summed E-state index contributed by atoms with van der Waals surface area (Å²) >= 11 is 0. The topological polar surface area (TPSA) is 23.5 Å². The van der Waals surface area contributed by atoms with Crippen LogP contribution in [0.3, 0.4) is 0 Å². The van der Waals surface area contributed by atoms with Gasteiger partial charge < -0.3 is 5.11 Å². The summed E-state index contributed by atoms with van der Waals surface area (Å²) in [6.07, 6.45) is -1.83. The summed E-state index contributed by atoms with van der Waals surface area (Å²) in [7, 11) is 0. The summed E-state index contributed by atoms with van der Waals surface area (Å²) in [5, 5.41) is 9.83. The van der Waals surface area contributed by atoms with Crippen molar-refractivity contribution < 1.29 is 18.3 Å². The van der Waals surface area contributed by atoms with E-state index < -0.39 is 17.8 Å². The van der Waals surface area contributed by atoms with Crippen molar-refractivity contribution in [2.45, 2.75) is 37.6 Å². The van der Waals surface area contributed by atoms with E-state index in [9.17, 15) is 18.3 Å². The standard InChI is InChI=1S/C15H18F3NO/c16-15(17,18)12-3-1-2-11(6-12)14-7-13(20)9-19(14)8-10-4-5-10/h1-3,6,10,13-14,20H,4-5,7-9H2. The normalized spacial score (nSPS) is 28.0. The van der Waals surface area contributed by atoms with Crippen LogP contribution in [0.4, 0.5) is 13.2 Å². The lowest BCUT2D eigenvalue weighted by Crippen LogP contribution is -2.27. The first kappa shape index (κ1) is 13.9. The predicted molar refractivity (Wildman–Crippen MR) is 69.1 cm³/mol. The SMILES string of the molecule is OC1CC(c2cccc(C(F)(F)F)c2)N(CC2CC2)C1. The number of nitrogens with zero attached hydrogens (tertiary/aromatic N) is 1. The average molecular weight is 285 g/mol. The molecule has 20 heavy (non-hydrogen) atoms. The molecule has 1 saturated carbocycles. The molecule has 0 aromatic heterocycles. The van der Waals surface area contributed by atoms with E-state index in [2.05, 4.69) is 4.90 Å². The summed E-state index contributed by atoms with van der Waals surface area (Å²) in [5.41, 5.74) is 0.0554. The Morgan fingerprint density at radius 1 is 1.25 bits per heavy atom. The van der Waals surface area contributed by atoms with Crippen LogP contribution in [0, 0.1) is 5.92 Å². The lowest BCUT2D eigenvalue weighted by atomic mass is 10.0. The molecule has 1 aliphatic carbocycles. The van der Waals surface area contributed by atoms with Crippen LogP contribution < -0.4 is 0 Å². The molecular formula is C15H18F3NO. The van der Waals surface area contributed by atoms with E-state index in [1.807, 2.05) is 0 Å². The van der Waals surface area contributed by atoms with Gasteiger partial charge in [-0.2, -0.15) is 13.2 Å². The number of β-amino-alcohol motifs (C(OH)–C–C–N with tert-alkyl or cyclic N) is 1. The zero-order chi connectivity index (χ0) is 14.3. The van der Waals surface area contributed by atoms with Crippen molar-refractivity contribution in [2.24, 2.45) is 5.92 Å². The molecule has 2 unspecified atom stereocenters. The Kier molecular flexibility index (Phi) is 3.50. The summed E-state index contributed by atoms with van der Waals surface area (Å²) < 4.78 is 38.4. The minimum absolute atomic E-state index is 0.0899. The first-order chi connectivity index (χ1) is 9.43. The molecule has 1 aromatic rings. The smallest absolute Gasteiger partial charge is 0.392 e. The van der Waals surface area contributed by atoms with E-state index in [0.29, 0.717) is 24.4 Å². The number of rotatable bonds is 3. The van der Waals surface area contributed by atoms with E-state index >= 15 is 0 Å². The van der Waals surface area contributed by atoms with Crippen LogP contribution in [0.25, 0.3) is 0 Å². The molecule has 1 aromatic carbocycles. The molecular weight excluding hydrogens is 267 g/mol. The second kappa shape index (κ2) is 5.04. The Balaban J connectivity index is 1.82. The van der Waals surface area contributed by atoms with Crippen molar-refractivity contribution in [1.82, 2.24) is 4.90 Å². The maximum atomic E-state index is 12.8. The largest absolute Gasteiger partial charge is 0.416 e. The molecule has 1 N–H and O–H groups in total. The summed E-state index contributed by atoms with van der Waals surface area (Å²) in [6.45, 7) is 1.45. The zero-order valence-corrected chi connectivity index (χ0v) is 11.1. The van der Waals surface area contributed by atoms with Gasteiger partial charge >= 0.3 is 6.18 Å². The van der Waals surface area contributed by atoms with Crippen molar-refractivity contribution in [3.8, 4) is 0 Å². The van der Waals surface area contributed by atoms with E-state index in [1.54, 1.807) is 6.07 Å². The van der Waals surface area contributed by atoms with E-state index in [0.717, 1.165) is 12.6 Å². The maximum absolute atomic E-state index is 12.8. The third-order valence-corrected chi connectivity index (χ3v) is 4.17. The summed E-state index contributed by atoms with van der Waals surface area (Å²) in [4.78, 5) is 2.14. The highest BCUT2D eigenvalue weighted by Crippen LogP contribution is 2.39. The molecule has 2 nitrogen and oxygen atoms in total. The van der Waals surface area contributed by atoms with Crippen molar-refractivity contribution in [3.05, 3.63) is 35.4 Å². The molecule has 0 radical (unpaired) electrons. The molecule has 1 aliphatic heterocycles. The van der Waals surface area contributed by atoms with Gasteiger partial charge in [0.1, 0.15) is 0 Å². The molecule has 2 aliphatic rings. The number of aliphatic hydroxyl groups is 1. The van der Waals surface area contributed by atoms with Gasteiger partial charge in [0.15, 0.2) is 0 Å². The lowest BCUT2D eigenvalue weighted by molar-refractivity contribution is -0.137. The highest BCUT2D eigenvalue weighted by atomic mass is 19.4. The minimum Gasteiger partial charge on any atom is -0.392 e. The summed E-state index contributed by atoms with van der Waals surface area (Å²) in [6, 6.07) is 5.42. The Morgan fingerprint density at radius 3 is 2.65 bits per heavy atom. The van der Waals surface area contributed by atoms with Gasteiger partial charge in [-0.05, 0) is 42.9 Å². The first-order valence-electron chi connectivity index (χ1n) is 7.03. The van der Waals surface area contributed by atoms with Gasteiger partial charge in [0, 0.05) is 19.1 Å². The van der Waals surface area contributed by atoms with Gasteiger partial charge in [0.25, 0.3) is 0 Å². The fourth-order valence-electron chi connectivity index (χ4n) is 2.98. The molecule has 110 valence electrons. The zero-order valence-electron chi connectivity index (χ0n) is 11.1. The Hall–Kier alpha value is -1.07. The van der Waals surface area contributed by atoms with Crippen molar-refractivity contribution >= 4 is 0 Å². The van der Waals surface area contributed by atoms with Gasteiger partial charge in [0.2, 0.25) is 0 Å². The van der Waals surface area contributed by atoms with Crippen LogP contribution in [-0.4, -0.2) is 29.2 Å². The Morgan fingerprint density at radius 2 is 2.00 bits per heavy atom. The number of aliphatic hydroxyl groups excluding tert-OH is 1. The highest BCUT2D eigenvalue weighted by molar-refractivity contribution is 5.29. The Labute approximate surface area is 116 Å². The van der Waals surface area contributed by atoms with Crippen LogP contribution in [0.5, 0.6) is 0 Å². The molecule has 0 spiro atoms. The summed E-state index contributed by atoms with van der Waals surface area (Å²) in [5.74, 6) is 0.661. The molecule has 3 rings (SSSR count). The first-order valence-corrected chi connectivity index (χ1v) is 7.03. The molecule has 0 amide bonds. The van der Waals surface area contributed by atoms with Crippen LogP contribution in [0.1, 0.15) is 36.4 Å². The molecule has 1 heterocycles. The lowest BCUT2D eigenvalue weighted by Gasteiger charge is -2.25.